The van der Waals surface area contributed by atoms with Crippen LogP contribution in [0, 0.1) is 0 Å². The first-order valence-corrected chi connectivity index (χ1v) is 5.61. The van der Waals surface area contributed by atoms with Gasteiger partial charge in [0.25, 0.3) is 0 Å². The number of benzene rings is 1. The van der Waals surface area contributed by atoms with Gasteiger partial charge in [0, 0.05) is 12.0 Å². The fourth-order valence-electron chi connectivity index (χ4n) is 1.15. The van der Waals surface area contributed by atoms with Gasteiger partial charge in [0.15, 0.2) is 16.9 Å². The first kappa shape index (κ1) is 12.0. The Morgan fingerprint density at radius 1 is 1.33 bits per heavy atom. The van der Waals surface area contributed by atoms with Crippen LogP contribution in [0.3, 0.4) is 0 Å². The van der Waals surface area contributed by atoms with Gasteiger partial charge in [-0.3, -0.25) is 4.79 Å². The molecule has 1 aromatic rings. The summed E-state index contributed by atoms with van der Waals surface area (Å²) in [7, 11) is 0. The smallest absolute Gasteiger partial charge is 0.164 e. The van der Waals surface area contributed by atoms with Gasteiger partial charge in [0.2, 0.25) is 0 Å². The van der Waals surface area contributed by atoms with Gasteiger partial charge in [-0.1, -0.05) is 30.3 Å². The molecule has 1 rings (SSSR count). The van der Waals surface area contributed by atoms with Gasteiger partial charge >= 0.3 is 0 Å². The first-order chi connectivity index (χ1) is 7.15. The lowest BCUT2D eigenvalue weighted by molar-refractivity contribution is 0.0972. The Balaban J connectivity index is 2.67. The van der Waals surface area contributed by atoms with Gasteiger partial charge in [-0.15, -0.1) is 0 Å². The molecule has 0 saturated heterocycles. The molecule has 0 spiro atoms. The second kappa shape index (κ2) is 5.75. The van der Waals surface area contributed by atoms with Gasteiger partial charge in [-0.25, -0.2) is 4.21 Å². The highest BCUT2D eigenvalue weighted by atomic mass is 32.2. The van der Waals surface area contributed by atoms with Crippen molar-refractivity contribution in [2.24, 2.45) is 0 Å². The maximum atomic E-state index is 11.6. The van der Waals surface area contributed by atoms with Crippen molar-refractivity contribution in [3.8, 4) is 0 Å². The summed E-state index contributed by atoms with van der Waals surface area (Å²) in [6.07, 6.45) is -0.121. The third kappa shape index (κ3) is 3.54. The average molecular weight is 228 g/mol. The molecule has 5 heteroatoms. The number of ketones is 1. The predicted molar refractivity (Wildman–Crippen MR) is 57.0 cm³/mol. The second-order valence-corrected chi connectivity index (χ2v) is 4.29. The quantitative estimate of drug-likeness (QED) is 0.578. The van der Waals surface area contributed by atoms with Crippen LogP contribution in [0.1, 0.15) is 16.8 Å². The van der Waals surface area contributed by atoms with Crippen molar-refractivity contribution >= 4 is 16.9 Å². The molecule has 0 aliphatic carbocycles. The van der Waals surface area contributed by atoms with E-state index in [1.54, 1.807) is 30.3 Å². The molecule has 0 saturated carbocycles. The van der Waals surface area contributed by atoms with Gasteiger partial charge < -0.3 is 9.66 Å². The van der Waals surface area contributed by atoms with E-state index in [4.69, 9.17) is 9.66 Å². The number of hydrogen-bond acceptors (Lipinski definition) is 3. The van der Waals surface area contributed by atoms with Crippen LogP contribution in [0.5, 0.6) is 0 Å². The zero-order valence-corrected chi connectivity index (χ0v) is 8.81. The van der Waals surface area contributed by atoms with Gasteiger partial charge in [-0.2, -0.15) is 0 Å². The fraction of sp³-hybridized carbons (Fsp3) is 0.300. The number of carbonyl (C=O) groups excluding carboxylic acids is 1. The molecule has 15 heavy (non-hydrogen) atoms. The third-order valence-corrected chi connectivity index (χ3v) is 2.88. The molecule has 0 bridgehead atoms. The molecule has 82 valence electrons. The number of Topliss-reactive ketones (excluding diaryl/α,β-unsaturated/α-hetero) is 1. The Kier molecular flexibility index (Phi) is 4.61. The lowest BCUT2D eigenvalue weighted by Gasteiger charge is -2.08. The number of hydrogen-bond donors (Lipinski definition) is 2. The molecule has 0 aliphatic heterocycles. The number of rotatable bonds is 5. The Bertz CT molecular complexity index is 350. The molecule has 2 atom stereocenters. The standard InChI is InChI=1S/C10H12O4S/c11-7-9(15(13)14)6-10(12)8-4-2-1-3-5-8/h1-5,9,11H,6-7H2,(H,13,14). The maximum Gasteiger partial charge on any atom is 0.164 e. The summed E-state index contributed by atoms with van der Waals surface area (Å²) >= 11 is -2.17. The molecule has 0 radical (unpaired) electrons. The largest absolute Gasteiger partial charge is 0.395 e. The summed E-state index contributed by atoms with van der Waals surface area (Å²) in [5, 5.41) is 7.88. The molecule has 0 heterocycles. The summed E-state index contributed by atoms with van der Waals surface area (Å²) in [6, 6.07) is 8.49. The lowest BCUT2D eigenvalue weighted by atomic mass is 10.1. The number of aliphatic hydroxyl groups excluding tert-OH is 1. The van der Waals surface area contributed by atoms with E-state index in [2.05, 4.69) is 0 Å². The Morgan fingerprint density at radius 3 is 2.40 bits per heavy atom. The van der Waals surface area contributed by atoms with E-state index in [-0.39, 0.29) is 12.2 Å². The minimum Gasteiger partial charge on any atom is -0.395 e. The molecule has 0 aromatic heterocycles. The van der Waals surface area contributed by atoms with Crippen LogP contribution in [0.15, 0.2) is 30.3 Å². The third-order valence-electron chi connectivity index (χ3n) is 2.00. The van der Waals surface area contributed by atoms with Crippen LogP contribution in [0.4, 0.5) is 0 Å². The Labute approximate surface area is 90.2 Å². The summed E-state index contributed by atoms with van der Waals surface area (Å²) in [4.78, 5) is 11.6. The summed E-state index contributed by atoms with van der Waals surface area (Å²) in [6.45, 7) is -0.471. The highest BCUT2D eigenvalue weighted by molar-refractivity contribution is 7.79. The van der Waals surface area contributed by atoms with E-state index < -0.39 is 22.9 Å². The van der Waals surface area contributed by atoms with Crippen molar-refractivity contribution < 1.29 is 18.7 Å². The van der Waals surface area contributed by atoms with Crippen molar-refractivity contribution in [2.45, 2.75) is 11.7 Å². The lowest BCUT2D eigenvalue weighted by Crippen LogP contribution is -2.23. The van der Waals surface area contributed by atoms with E-state index in [1.807, 2.05) is 0 Å². The molecule has 0 aliphatic rings. The van der Waals surface area contributed by atoms with Gasteiger partial charge in [-0.05, 0) is 0 Å². The molecule has 0 amide bonds. The van der Waals surface area contributed by atoms with E-state index >= 15 is 0 Å². The number of aliphatic hydroxyl groups is 1. The SMILES string of the molecule is O=C(CC(CO)S(=O)O)c1ccccc1. The molecule has 2 unspecified atom stereocenters. The second-order valence-electron chi connectivity index (χ2n) is 3.07. The predicted octanol–water partition coefficient (Wildman–Crippen LogP) is 0.842. The van der Waals surface area contributed by atoms with Crippen LogP contribution in [0.2, 0.25) is 0 Å². The zero-order chi connectivity index (χ0) is 11.3. The highest BCUT2D eigenvalue weighted by Gasteiger charge is 2.19. The van der Waals surface area contributed by atoms with Crippen LogP contribution >= 0.6 is 0 Å². The van der Waals surface area contributed by atoms with E-state index in [9.17, 15) is 9.00 Å². The summed E-state index contributed by atoms with van der Waals surface area (Å²) < 4.78 is 19.5. The van der Waals surface area contributed by atoms with Crippen molar-refractivity contribution in [1.82, 2.24) is 0 Å². The van der Waals surface area contributed by atoms with Crippen molar-refractivity contribution in [3.05, 3.63) is 35.9 Å². The van der Waals surface area contributed by atoms with Crippen molar-refractivity contribution in [1.29, 1.82) is 0 Å². The minimum atomic E-state index is -2.17. The fourth-order valence-corrected chi connectivity index (χ4v) is 1.57. The first-order valence-electron chi connectivity index (χ1n) is 4.44. The van der Waals surface area contributed by atoms with Crippen LogP contribution in [-0.4, -0.2) is 31.5 Å². The molecular weight excluding hydrogens is 216 g/mol. The molecule has 1 aromatic carbocycles. The molecule has 4 nitrogen and oxygen atoms in total. The normalized spacial score (nSPS) is 14.5. The van der Waals surface area contributed by atoms with E-state index in [1.165, 1.54) is 0 Å². The van der Waals surface area contributed by atoms with Crippen LogP contribution in [0.25, 0.3) is 0 Å². The van der Waals surface area contributed by atoms with Gasteiger partial charge in [0.1, 0.15) is 0 Å². The minimum absolute atomic E-state index is 0.121. The van der Waals surface area contributed by atoms with Gasteiger partial charge in [0.05, 0.1) is 11.9 Å². The van der Waals surface area contributed by atoms with E-state index in [0.29, 0.717) is 5.56 Å². The van der Waals surface area contributed by atoms with E-state index in [0.717, 1.165) is 0 Å². The Morgan fingerprint density at radius 2 is 1.93 bits per heavy atom. The molecular formula is C10H12O4S. The monoisotopic (exact) mass is 228 g/mol. The van der Waals surface area contributed by atoms with Crippen LogP contribution in [-0.2, 0) is 11.1 Å². The van der Waals surface area contributed by atoms with Crippen LogP contribution < -0.4 is 0 Å². The number of carbonyl (C=O) groups is 1. The maximum absolute atomic E-state index is 11.6. The molecule has 2 N–H and O–H groups in total. The topological polar surface area (TPSA) is 74.6 Å². The zero-order valence-electron chi connectivity index (χ0n) is 8.00. The highest BCUT2D eigenvalue weighted by Crippen LogP contribution is 2.08. The van der Waals surface area contributed by atoms with Crippen molar-refractivity contribution in [3.63, 3.8) is 0 Å². The summed E-state index contributed by atoms with van der Waals surface area (Å²) in [5.41, 5.74) is 0.487. The van der Waals surface area contributed by atoms with Crippen molar-refractivity contribution in [2.75, 3.05) is 6.61 Å². The average Bonchev–Trinajstić information content (AvgIpc) is 2.26. The Hall–Kier alpha value is -1.04. The molecule has 0 fully saturated rings. The summed E-state index contributed by atoms with van der Waals surface area (Å²) in [5.74, 6) is -0.239.